The molecular formula is C40H44N2O4. The molecule has 6 heteroatoms. The van der Waals surface area contributed by atoms with E-state index in [1.54, 1.807) is 17.0 Å². The van der Waals surface area contributed by atoms with Crippen LogP contribution in [0.2, 0.25) is 0 Å². The Hall–Kier alpha value is -4.00. The van der Waals surface area contributed by atoms with E-state index in [-0.39, 0.29) is 47.5 Å². The maximum absolute atomic E-state index is 14.1. The first-order chi connectivity index (χ1) is 22.5. The third-order valence-electron chi connectivity index (χ3n) is 10.7. The van der Waals surface area contributed by atoms with Gasteiger partial charge in [-0.25, -0.2) is 0 Å². The molecule has 3 saturated heterocycles. The second-order valence-electron chi connectivity index (χ2n) is 13.4. The van der Waals surface area contributed by atoms with E-state index in [0.29, 0.717) is 13.0 Å². The van der Waals surface area contributed by atoms with Crippen LogP contribution in [0.4, 0.5) is 0 Å². The lowest BCUT2D eigenvalue weighted by atomic mass is 9.69. The molecule has 0 aromatic heterocycles. The van der Waals surface area contributed by atoms with E-state index in [1.807, 2.05) is 24.3 Å². The minimum atomic E-state index is -0.300. The molecule has 4 aliphatic rings. The van der Waals surface area contributed by atoms with Gasteiger partial charge in [0.15, 0.2) is 0 Å². The number of ether oxygens (including phenoxy) is 1. The molecule has 0 radical (unpaired) electrons. The summed E-state index contributed by atoms with van der Waals surface area (Å²) in [6.45, 7) is 5.38. The quantitative estimate of drug-likeness (QED) is 0.158. The maximum atomic E-state index is 14.1. The van der Waals surface area contributed by atoms with Crippen LogP contribution >= 0.6 is 0 Å². The normalized spacial score (nSPS) is 25.7. The first-order valence-electron chi connectivity index (χ1n) is 17.0. The summed E-state index contributed by atoms with van der Waals surface area (Å²) in [4.78, 5) is 32.2. The van der Waals surface area contributed by atoms with Gasteiger partial charge in [0.25, 0.3) is 0 Å². The Morgan fingerprint density at radius 2 is 1.59 bits per heavy atom. The molecule has 3 heterocycles. The summed E-state index contributed by atoms with van der Waals surface area (Å²) in [7, 11) is 0. The molecule has 3 aliphatic heterocycles. The van der Waals surface area contributed by atoms with E-state index in [1.165, 1.54) is 27.8 Å². The van der Waals surface area contributed by atoms with Gasteiger partial charge in [-0.05, 0) is 78.5 Å². The molecule has 0 bridgehead atoms. The highest BCUT2D eigenvalue weighted by atomic mass is 16.5. The summed E-state index contributed by atoms with van der Waals surface area (Å²) >= 11 is 0. The van der Waals surface area contributed by atoms with Crippen LogP contribution in [0.25, 0.3) is 11.6 Å². The zero-order chi connectivity index (χ0) is 31.6. The number of phenolic OH excluding ortho intramolecular Hbond substituents is 1. The number of piperidine rings is 1. The van der Waals surface area contributed by atoms with Crippen molar-refractivity contribution in [1.29, 1.82) is 0 Å². The molecule has 6 nitrogen and oxygen atoms in total. The Bertz CT molecular complexity index is 1610. The molecule has 4 atom stereocenters. The van der Waals surface area contributed by atoms with Crippen molar-refractivity contribution in [2.24, 2.45) is 17.8 Å². The Morgan fingerprint density at radius 1 is 0.891 bits per heavy atom. The number of benzene rings is 3. The van der Waals surface area contributed by atoms with Crippen LogP contribution < -0.4 is 0 Å². The number of amides is 2. The van der Waals surface area contributed by atoms with Gasteiger partial charge in [-0.1, -0.05) is 91.4 Å². The minimum absolute atomic E-state index is 0.0114. The lowest BCUT2D eigenvalue weighted by Gasteiger charge is -2.36. The van der Waals surface area contributed by atoms with Crippen molar-refractivity contribution in [3.8, 4) is 5.75 Å². The Balaban J connectivity index is 1.05. The van der Waals surface area contributed by atoms with Crippen molar-refractivity contribution in [3.63, 3.8) is 0 Å². The van der Waals surface area contributed by atoms with E-state index in [0.717, 1.165) is 57.3 Å². The molecule has 2 amide bonds. The van der Waals surface area contributed by atoms with Crippen LogP contribution in [-0.4, -0.2) is 58.6 Å². The average Bonchev–Trinajstić information content (AvgIpc) is 3.62. The predicted molar refractivity (Wildman–Crippen MR) is 180 cm³/mol. The summed E-state index contributed by atoms with van der Waals surface area (Å²) in [5, 5.41) is 9.77. The SMILES string of the molecule is CCC1=C2[C@@H](CC/C(=C/c3ccc(O)cc3)c3ccccc3)OC[C@@H]2[C@@H]2C(=O)N(C3CCN(Cc4ccccc4)CC3)C(=O)[C@@H]2C1. The van der Waals surface area contributed by atoms with Gasteiger partial charge in [-0.3, -0.25) is 19.4 Å². The van der Waals surface area contributed by atoms with E-state index >= 15 is 0 Å². The average molecular weight is 617 g/mol. The summed E-state index contributed by atoms with van der Waals surface area (Å²) in [6.07, 6.45) is 7.00. The molecule has 0 unspecified atom stereocenters. The number of hydrogen-bond donors (Lipinski definition) is 1. The first-order valence-corrected chi connectivity index (χ1v) is 17.0. The molecular weight excluding hydrogens is 572 g/mol. The van der Waals surface area contributed by atoms with E-state index in [4.69, 9.17) is 4.74 Å². The standard InChI is InChI=1S/C40H44N2O4/c1-2-29-24-34-38(40(45)42(39(34)44)32-19-21-41(22-20-32)25-28-9-5-3-6-10-28)35-26-46-36(37(29)35)18-15-31(30-11-7-4-8-12-30)23-27-13-16-33(43)17-14-27/h3-14,16-17,23,32,34-36,38,43H,2,15,18-22,24-26H2,1H3/b31-23-/t34-,35+,36-,38-/m1/s1. The molecule has 46 heavy (non-hydrogen) atoms. The number of fused-ring (bicyclic) bond motifs is 3. The first kappa shape index (κ1) is 30.6. The summed E-state index contributed by atoms with van der Waals surface area (Å²) in [5.74, 6) is -0.227. The number of carbonyl (C=O) groups excluding carboxylic acids is 2. The van der Waals surface area contributed by atoms with Crippen LogP contribution in [0, 0.1) is 17.8 Å². The molecule has 3 fully saturated rings. The van der Waals surface area contributed by atoms with Crippen molar-refractivity contribution in [2.45, 2.75) is 64.1 Å². The summed E-state index contributed by atoms with van der Waals surface area (Å²) < 4.78 is 6.52. The smallest absolute Gasteiger partial charge is 0.234 e. The fraction of sp³-hybridized carbons (Fsp3) is 0.400. The summed E-state index contributed by atoms with van der Waals surface area (Å²) in [6, 6.07) is 28.2. The zero-order valence-corrected chi connectivity index (χ0v) is 26.7. The highest BCUT2D eigenvalue weighted by molar-refractivity contribution is 6.06. The summed E-state index contributed by atoms with van der Waals surface area (Å²) in [5.41, 5.74) is 7.33. The van der Waals surface area contributed by atoms with E-state index in [2.05, 4.69) is 66.4 Å². The molecule has 1 N–H and O–H groups in total. The van der Waals surface area contributed by atoms with Crippen molar-refractivity contribution in [2.75, 3.05) is 19.7 Å². The minimum Gasteiger partial charge on any atom is -0.508 e. The van der Waals surface area contributed by atoms with E-state index in [9.17, 15) is 14.7 Å². The van der Waals surface area contributed by atoms with E-state index < -0.39 is 0 Å². The van der Waals surface area contributed by atoms with Gasteiger partial charge >= 0.3 is 0 Å². The van der Waals surface area contributed by atoms with Crippen molar-refractivity contribution >= 4 is 23.5 Å². The van der Waals surface area contributed by atoms with Gasteiger partial charge in [-0.15, -0.1) is 0 Å². The van der Waals surface area contributed by atoms with Crippen molar-refractivity contribution < 1.29 is 19.4 Å². The lowest BCUT2D eigenvalue weighted by molar-refractivity contribution is -0.144. The van der Waals surface area contributed by atoms with Crippen LogP contribution in [0.3, 0.4) is 0 Å². The number of imide groups is 1. The molecule has 3 aromatic carbocycles. The van der Waals surface area contributed by atoms with Crippen molar-refractivity contribution in [1.82, 2.24) is 9.80 Å². The molecule has 7 rings (SSSR count). The highest BCUT2D eigenvalue weighted by Gasteiger charge is 2.58. The van der Waals surface area contributed by atoms with Crippen LogP contribution in [0.1, 0.15) is 62.1 Å². The number of nitrogens with zero attached hydrogens (tertiary/aromatic N) is 2. The maximum Gasteiger partial charge on any atom is 0.234 e. The van der Waals surface area contributed by atoms with Crippen LogP contribution in [0.5, 0.6) is 5.75 Å². The largest absolute Gasteiger partial charge is 0.508 e. The lowest BCUT2D eigenvalue weighted by Crippen LogP contribution is -2.47. The third-order valence-corrected chi connectivity index (χ3v) is 10.7. The van der Waals surface area contributed by atoms with Gasteiger partial charge in [0.05, 0.1) is 24.5 Å². The monoisotopic (exact) mass is 616 g/mol. The molecule has 0 spiro atoms. The van der Waals surface area contributed by atoms with Gasteiger partial charge in [0.1, 0.15) is 5.75 Å². The fourth-order valence-corrected chi connectivity index (χ4v) is 8.38. The Kier molecular flexibility index (Phi) is 8.92. The van der Waals surface area contributed by atoms with Crippen LogP contribution in [0.15, 0.2) is 96.1 Å². The Labute approximate surface area is 272 Å². The van der Waals surface area contributed by atoms with Gasteiger partial charge in [0.2, 0.25) is 11.8 Å². The number of phenols is 1. The van der Waals surface area contributed by atoms with Gasteiger partial charge in [0, 0.05) is 31.6 Å². The predicted octanol–water partition coefficient (Wildman–Crippen LogP) is 7.10. The second kappa shape index (κ2) is 13.4. The third kappa shape index (κ3) is 6.08. The molecule has 1 aliphatic carbocycles. The molecule has 3 aromatic rings. The topological polar surface area (TPSA) is 70.1 Å². The van der Waals surface area contributed by atoms with Gasteiger partial charge in [-0.2, -0.15) is 0 Å². The highest BCUT2D eigenvalue weighted by Crippen LogP contribution is 2.51. The fourth-order valence-electron chi connectivity index (χ4n) is 8.38. The zero-order valence-electron chi connectivity index (χ0n) is 26.7. The number of aromatic hydroxyl groups is 1. The van der Waals surface area contributed by atoms with Crippen molar-refractivity contribution in [3.05, 3.63) is 113 Å². The van der Waals surface area contributed by atoms with Crippen LogP contribution in [-0.2, 0) is 20.9 Å². The van der Waals surface area contributed by atoms with Gasteiger partial charge < -0.3 is 9.84 Å². The second-order valence-corrected chi connectivity index (χ2v) is 13.4. The number of carbonyl (C=O) groups is 2. The number of hydrogen-bond acceptors (Lipinski definition) is 5. The number of allylic oxidation sites excluding steroid dienone is 2. The molecule has 238 valence electrons. The number of likely N-dealkylation sites (tertiary alicyclic amines) is 2. The number of rotatable bonds is 9. The molecule has 0 saturated carbocycles. The Morgan fingerprint density at radius 3 is 2.28 bits per heavy atom.